The van der Waals surface area contributed by atoms with Gasteiger partial charge >= 0.3 is 0 Å². The number of aromatic hydroxyl groups is 1. The molecule has 8 heteroatoms. The van der Waals surface area contributed by atoms with Crippen molar-refractivity contribution in [3.8, 4) is 11.4 Å². The summed E-state index contributed by atoms with van der Waals surface area (Å²) < 4.78 is 2.18. The molecule has 2 aromatic heterocycles. The fourth-order valence-electron chi connectivity index (χ4n) is 4.94. The second-order valence-electron chi connectivity index (χ2n) is 8.90. The van der Waals surface area contributed by atoms with Gasteiger partial charge in [-0.3, -0.25) is 9.78 Å². The van der Waals surface area contributed by atoms with Crippen molar-refractivity contribution in [1.29, 1.82) is 0 Å². The van der Waals surface area contributed by atoms with Crippen molar-refractivity contribution in [1.82, 2.24) is 14.9 Å². The second kappa shape index (κ2) is 9.47. The quantitative estimate of drug-likeness (QED) is 0.323. The van der Waals surface area contributed by atoms with Crippen LogP contribution in [-0.4, -0.2) is 25.7 Å². The number of benzene rings is 2. The maximum atomic E-state index is 11.5. The summed E-state index contributed by atoms with van der Waals surface area (Å²) >= 11 is 5.85. The van der Waals surface area contributed by atoms with Crippen LogP contribution in [0.25, 0.3) is 5.69 Å². The van der Waals surface area contributed by atoms with Gasteiger partial charge in [-0.2, -0.15) is 0 Å². The van der Waals surface area contributed by atoms with Crippen LogP contribution in [0, 0.1) is 13.8 Å². The topological polar surface area (TPSA) is 82.4 Å². The zero-order valence-electron chi connectivity index (χ0n) is 20.3. The lowest BCUT2D eigenvalue weighted by atomic mass is 9.96. The highest BCUT2D eigenvalue weighted by Crippen LogP contribution is 2.44. The molecule has 182 valence electrons. The Bertz CT molecular complexity index is 1420. The Balaban J connectivity index is 1.62. The molecule has 4 aromatic rings. The third-order valence-corrected chi connectivity index (χ3v) is 6.78. The number of aromatic nitrogens is 2. The van der Waals surface area contributed by atoms with Crippen LogP contribution in [0.2, 0.25) is 0 Å². The minimum absolute atomic E-state index is 0.115. The lowest BCUT2D eigenvalue weighted by molar-refractivity contribution is -0.114. The molecular formula is C28H27N5O2S. The van der Waals surface area contributed by atoms with Crippen molar-refractivity contribution in [3.05, 3.63) is 102 Å². The van der Waals surface area contributed by atoms with Gasteiger partial charge in [0.15, 0.2) is 5.11 Å². The number of thiocarbonyl (C=S) groups is 1. The van der Waals surface area contributed by atoms with Crippen LogP contribution < -0.4 is 15.5 Å². The molecule has 3 N–H and O–H groups in total. The summed E-state index contributed by atoms with van der Waals surface area (Å²) in [5.74, 6) is 0.117. The predicted octanol–water partition coefficient (Wildman–Crippen LogP) is 5.33. The number of nitrogens with one attached hydrogen (secondary N) is 2. The molecule has 1 aliphatic heterocycles. The Morgan fingerprint density at radius 1 is 1.03 bits per heavy atom. The summed E-state index contributed by atoms with van der Waals surface area (Å²) in [4.78, 5) is 18.2. The van der Waals surface area contributed by atoms with Crippen molar-refractivity contribution in [3.63, 3.8) is 0 Å². The fraction of sp³-hybridized carbons (Fsp3) is 0.179. The molecule has 2 aromatic carbocycles. The first-order valence-corrected chi connectivity index (χ1v) is 12.1. The third kappa shape index (κ3) is 4.31. The average Bonchev–Trinajstić information content (AvgIpc) is 3.35. The molecule has 7 nitrogen and oxygen atoms in total. The number of carbonyl (C=O) groups is 1. The number of hydrogen-bond acceptors (Lipinski definition) is 4. The fourth-order valence-corrected chi connectivity index (χ4v) is 5.29. The molecule has 0 spiro atoms. The summed E-state index contributed by atoms with van der Waals surface area (Å²) in [6.45, 7) is 5.67. The number of carbonyl (C=O) groups excluding carboxylic acids is 1. The van der Waals surface area contributed by atoms with E-state index in [-0.39, 0.29) is 23.7 Å². The number of hydrogen-bond donors (Lipinski definition) is 3. The van der Waals surface area contributed by atoms with E-state index in [9.17, 15) is 9.90 Å². The number of phenolic OH excluding ortho intramolecular Hbond substituents is 1. The van der Waals surface area contributed by atoms with Crippen LogP contribution in [0.3, 0.4) is 0 Å². The van der Waals surface area contributed by atoms with Gasteiger partial charge in [0.05, 0.1) is 17.8 Å². The van der Waals surface area contributed by atoms with E-state index in [0.717, 1.165) is 39.7 Å². The molecule has 36 heavy (non-hydrogen) atoms. The zero-order valence-corrected chi connectivity index (χ0v) is 21.1. The first kappa shape index (κ1) is 23.6. The molecule has 2 atom stereocenters. The van der Waals surface area contributed by atoms with Crippen molar-refractivity contribution in [2.45, 2.75) is 32.9 Å². The number of aryl methyl sites for hydroxylation is 1. The predicted molar refractivity (Wildman–Crippen MR) is 146 cm³/mol. The number of amides is 1. The van der Waals surface area contributed by atoms with E-state index in [1.807, 2.05) is 54.6 Å². The molecule has 0 saturated carbocycles. The standard InChI is InChI=1S/C28H27N5O2S/c1-17-16-24(18(2)32(17)21-11-13-23(35)14-12-21)27-26(25-6-4-5-15-29-25)31-28(36)33(27)22-9-7-20(8-10-22)30-19(3)34/h4-16,26-27,35H,1-3H3,(H,30,34)(H,31,36). The number of phenols is 1. The van der Waals surface area contributed by atoms with Gasteiger partial charge in [0, 0.05) is 41.6 Å². The lowest BCUT2D eigenvalue weighted by Crippen LogP contribution is -2.29. The van der Waals surface area contributed by atoms with E-state index >= 15 is 0 Å². The summed E-state index contributed by atoms with van der Waals surface area (Å²) in [6, 6.07) is 22.7. The number of pyridine rings is 1. The third-order valence-electron chi connectivity index (χ3n) is 6.46. The van der Waals surface area contributed by atoms with E-state index in [1.165, 1.54) is 6.92 Å². The minimum Gasteiger partial charge on any atom is -0.508 e. The Labute approximate surface area is 215 Å². The van der Waals surface area contributed by atoms with E-state index in [2.05, 4.69) is 45.0 Å². The number of rotatable bonds is 5. The molecule has 0 radical (unpaired) electrons. The van der Waals surface area contributed by atoms with Crippen LogP contribution in [0.15, 0.2) is 79.0 Å². The molecule has 1 fully saturated rings. The van der Waals surface area contributed by atoms with Gasteiger partial charge < -0.3 is 25.2 Å². The maximum absolute atomic E-state index is 11.5. The highest BCUT2D eigenvalue weighted by atomic mass is 32.1. The van der Waals surface area contributed by atoms with Crippen molar-refractivity contribution >= 4 is 34.6 Å². The largest absolute Gasteiger partial charge is 0.508 e. The Morgan fingerprint density at radius 2 is 1.72 bits per heavy atom. The van der Waals surface area contributed by atoms with E-state index in [0.29, 0.717) is 5.11 Å². The molecule has 0 bridgehead atoms. The highest BCUT2D eigenvalue weighted by molar-refractivity contribution is 7.80. The average molecular weight is 498 g/mol. The molecule has 0 aliphatic carbocycles. The van der Waals surface area contributed by atoms with Gasteiger partial charge in [-0.05, 0) is 98.4 Å². The molecule has 1 aliphatic rings. The molecule has 3 heterocycles. The summed E-state index contributed by atoms with van der Waals surface area (Å²) in [6.07, 6.45) is 1.79. The Hall–Kier alpha value is -4.17. The van der Waals surface area contributed by atoms with Crippen molar-refractivity contribution < 1.29 is 9.90 Å². The zero-order chi connectivity index (χ0) is 25.4. The van der Waals surface area contributed by atoms with Crippen molar-refractivity contribution in [2.75, 3.05) is 10.2 Å². The monoisotopic (exact) mass is 497 g/mol. The molecule has 1 amide bonds. The Kier molecular flexibility index (Phi) is 6.20. The van der Waals surface area contributed by atoms with Gasteiger partial charge in [0.1, 0.15) is 5.75 Å². The lowest BCUT2D eigenvalue weighted by Gasteiger charge is -2.28. The summed E-state index contributed by atoms with van der Waals surface area (Å²) in [5.41, 5.74) is 6.80. The van der Waals surface area contributed by atoms with E-state index in [4.69, 9.17) is 12.2 Å². The van der Waals surface area contributed by atoms with Gasteiger partial charge in [-0.1, -0.05) is 6.07 Å². The van der Waals surface area contributed by atoms with Crippen LogP contribution in [0.1, 0.15) is 41.7 Å². The summed E-state index contributed by atoms with van der Waals surface area (Å²) in [7, 11) is 0. The minimum atomic E-state index is -0.164. The van der Waals surface area contributed by atoms with Gasteiger partial charge in [0.25, 0.3) is 0 Å². The van der Waals surface area contributed by atoms with Crippen LogP contribution >= 0.6 is 12.2 Å². The van der Waals surface area contributed by atoms with Gasteiger partial charge in [-0.15, -0.1) is 0 Å². The maximum Gasteiger partial charge on any atom is 0.221 e. The number of nitrogens with zero attached hydrogens (tertiary/aromatic N) is 3. The molecular weight excluding hydrogens is 470 g/mol. The SMILES string of the molecule is CC(=O)Nc1ccc(N2C(=S)NC(c3ccccn3)C2c2cc(C)n(-c3ccc(O)cc3)c2C)cc1. The van der Waals surface area contributed by atoms with Crippen molar-refractivity contribution in [2.24, 2.45) is 0 Å². The normalized spacial score (nSPS) is 17.2. The van der Waals surface area contributed by atoms with Crippen LogP contribution in [0.4, 0.5) is 11.4 Å². The van der Waals surface area contributed by atoms with Crippen LogP contribution in [-0.2, 0) is 4.79 Å². The smallest absolute Gasteiger partial charge is 0.221 e. The van der Waals surface area contributed by atoms with E-state index in [1.54, 1.807) is 18.3 Å². The Morgan fingerprint density at radius 3 is 2.36 bits per heavy atom. The first-order valence-electron chi connectivity index (χ1n) is 11.7. The van der Waals surface area contributed by atoms with Crippen LogP contribution in [0.5, 0.6) is 5.75 Å². The van der Waals surface area contributed by atoms with E-state index < -0.39 is 0 Å². The molecule has 2 unspecified atom stereocenters. The van der Waals surface area contributed by atoms with Gasteiger partial charge in [0.2, 0.25) is 5.91 Å². The number of anilines is 2. The molecule has 1 saturated heterocycles. The summed E-state index contributed by atoms with van der Waals surface area (Å²) in [5, 5.41) is 16.7. The first-order chi connectivity index (χ1) is 17.3. The molecule has 5 rings (SSSR count). The second-order valence-corrected chi connectivity index (χ2v) is 9.29. The highest BCUT2D eigenvalue weighted by Gasteiger charge is 2.42. The van der Waals surface area contributed by atoms with Gasteiger partial charge in [-0.25, -0.2) is 0 Å².